The number of amides is 2. The molecule has 0 radical (unpaired) electrons. The van der Waals surface area contributed by atoms with Crippen LogP contribution >= 0.6 is 11.8 Å². The highest BCUT2D eigenvalue weighted by Crippen LogP contribution is 2.24. The molecule has 9 nitrogen and oxygen atoms in total. The Morgan fingerprint density at radius 1 is 1.27 bits per heavy atom. The molecule has 0 fully saturated rings. The molecular formula is C16H17N5O4S. The second kappa shape index (κ2) is 7.91. The molecule has 1 atom stereocenters. The Morgan fingerprint density at radius 2 is 2.04 bits per heavy atom. The van der Waals surface area contributed by atoms with E-state index in [2.05, 4.69) is 15.5 Å². The van der Waals surface area contributed by atoms with Gasteiger partial charge in [-0.15, -0.1) is 10.2 Å². The lowest BCUT2D eigenvalue weighted by molar-refractivity contribution is -0.119. The van der Waals surface area contributed by atoms with E-state index in [4.69, 9.17) is 14.6 Å². The maximum Gasteiger partial charge on any atom is 0.237 e. The average molecular weight is 375 g/mol. The molecule has 0 spiro atoms. The van der Waals surface area contributed by atoms with Crippen LogP contribution in [0.25, 0.3) is 11.6 Å². The summed E-state index contributed by atoms with van der Waals surface area (Å²) in [7, 11) is 0. The van der Waals surface area contributed by atoms with Gasteiger partial charge in [0.1, 0.15) is 12.3 Å². The van der Waals surface area contributed by atoms with Gasteiger partial charge in [0.25, 0.3) is 0 Å². The number of hydrogen-bond acceptors (Lipinski definition) is 7. The summed E-state index contributed by atoms with van der Waals surface area (Å²) in [5.41, 5.74) is 5.31. The summed E-state index contributed by atoms with van der Waals surface area (Å²) in [4.78, 5) is 23.5. The normalized spacial score (nSPS) is 12.0. The number of carbonyl (C=O) groups is 2. The Bertz CT molecular complexity index is 873. The van der Waals surface area contributed by atoms with Crippen molar-refractivity contribution < 1.29 is 18.4 Å². The molecule has 3 aromatic heterocycles. The van der Waals surface area contributed by atoms with Gasteiger partial charge in [-0.1, -0.05) is 11.8 Å². The van der Waals surface area contributed by atoms with Crippen LogP contribution in [0.4, 0.5) is 0 Å². The number of primary amides is 1. The lowest BCUT2D eigenvalue weighted by Crippen LogP contribution is -2.28. The summed E-state index contributed by atoms with van der Waals surface area (Å²) in [6.45, 7) is 1.71. The van der Waals surface area contributed by atoms with Crippen LogP contribution in [0.3, 0.4) is 0 Å². The molecule has 0 aliphatic rings. The Kier molecular flexibility index (Phi) is 5.42. The molecule has 0 aliphatic carbocycles. The molecule has 3 heterocycles. The van der Waals surface area contributed by atoms with Crippen molar-refractivity contribution in [2.24, 2.45) is 5.73 Å². The van der Waals surface area contributed by atoms with E-state index in [0.717, 1.165) is 11.8 Å². The first-order chi connectivity index (χ1) is 12.5. The van der Waals surface area contributed by atoms with Crippen molar-refractivity contribution >= 4 is 23.6 Å². The molecule has 26 heavy (non-hydrogen) atoms. The minimum absolute atomic E-state index is 0.0973. The second-order valence-corrected chi connectivity index (χ2v) is 6.37. The Morgan fingerprint density at radius 3 is 2.69 bits per heavy atom. The Hall–Kier alpha value is -3.01. The van der Waals surface area contributed by atoms with Crippen LogP contribution in [-0.4, -0.2) is 32.3 Å². The molecule has 0 aliphatic heterocycles. The standard InChI is InChI=1S/C16H17N5O4S/c1-10(11-4-2-6-24-11)18-14(23)9-26-16-20-19-15(12-5-3-7-25-12)21(16)8-13(17)22/h2-7,10H,8-9H2,1H3,(H2,17,22)(H,18,23)/t10-/m0/s1. The number of rotatable bonds is 8. The number of nitrogens with one attached hydrogen (secondary N) is 1. The smallest absolute Gasteiger partial charge is 0.237 e. The van der Waals surface area contributed by atoms with Gasteiger partial charge in [0.15, 0.2) is 10.9 Å². The van der Waals surface area contributed by atoms with E-state index in [0.29, 0.717) is 22.5 Å². The molecule has 3 aromatic rings. The summed E-state index contributed by atoms with van der Waals surface area (Å²) >= 11 is 1.15. The van der Waals surface area contributed by atoms with Gasteiger partial charge in [0, 0.05) is 0 Å². The molecule has 0 unspecified atom stereocenters. The van der Waals surface area contributed by atoms with Crippen LogP contribution in [0.5, 0.6) is 0 Å². The fourth-order valence-electron chi connectivity index (χ4n) is 2.30. The van der Waals surface area contributed by atoms with Crippen LogP contribution in [0, 0.1) is 0 Å². The highest BCUT2D eigenvalue weighted by Gasteiger charge is 2.19. The SMILES string of the molecule is C[C@H](NC(=O)CSc1nnc(-c2ccco2)n1CC(N)=O)c1ccco1. The van der Waals surface area contributed by atoms with Gasteiger partial charge in [-0.25, -0.2) is 0 Å². The van der Waals surface area contributed by atoms with Crippen LogP contribution in [-0.2, 0) is 16.1 Å². The first-order valence-electron chi connectivity index (χ1n) is 7.75. The van der Waals surface area contributed by atoms with E-state index < -0.39 is 5.91 Å². The summed E-state index contributed by atoms with van der Waals surface area (Å²) in [5.74, 6) is 0.852. The lowest BCUT2D eigenvalue weighted by Gasteiger charge is -2.11. The lowest BCUT2D eigenvalue weighted by atomic mass is 10.2. The van der Waals surface area contributed by atoms with Gasteiger partial charge in [-0.3, -0.25) is 14.2 Å². The molecule has 10 heteroatoms. The van der Waals surface area contributed by atoms with Crippen molar-refractivity contribution in [2.75, 3.05) is 5.75 Å². The largest absolute Gasteiger partial charge is 0.467 e. The van der Waals surface area contributed by atoms with Crippen molar-refractivity contribution in [2.45, 2.75) is 24.7 Å². The first kappa shape index (κ1) is 17.8. The van der Waals surface area contributed by atoms with Gasteiger partial charge in [-0.2, -0.15) is 0 Å². The van der Waals surface area contributed by atoms with Crippen LogP contribution in [0.15, 0.2) is 50.8 Å². The molecule has 3 rings (SSSR count). The third-order valence-electron chi connectivity index (χ3n) is 3.45. The van der Waals surface area contributed by atoms with Crippen molar-refractivity contribution in [1.29, 1.82) is 0 Å². The predicted molar refractivity (Wildman–Crippen MR) is 92.9 cm³/mol. The van der Waals surface area contributed by atoms with Crippen LogP contribution in [0.1, 0.15) is 18.7 Å². The van der Waals surface area contributed by atoms with E-state index >= 15 is 0 Å². The average Bonchev–Trinajstić information content (AvgIpc) is 3.34. The second-order valence-electron chi connectivity index (χ2n) is 5.43. The Labute approximate surface area is 152 Å². The molecule has 136 valence electrons. The number of nitrogens with two attached hydrogens (primary N) is 1. The maximum atomic E-state index is 12.1. The maximum absolute atomic E-state index is 12.1. The van der Waals surface area contributed by atoms with E-state index in [1.807, 2.05) is 6.92 Å². The summed E-state index contributed by atoms with van der Waals surface area (Å²) in [6.07, 6.45) is 3.05. The number of aromatic nitrogens is 3. The molecule has 0 saturated heterocycles. The van der Waals surface area contributed by atoms with Crippen LogP contribution < -0.4 is 11.1 Å². The third kappa shape index (κ3) is 4.14. The number of hydrogen-bond donors (Lipinski definition) is 2. The van der Waals surface area contributed by atoms with Crippen molar-refractivity contribution in [1.82, 2.24) is 20.1 Å². The van der Waals surface area contributed by atoms with Crippen molar-refractivity contribution in [3.63, 3.8) is 0 Å². The van der Waals surface area contributed by atoms with E-state index in [1.165, 1.54) is 10.8 Å². The van der Waals surface area contributed by atoms with E-state index in [-0.39, 0.29) is 24.2 Å². The molecule has 2 amide bonds. The topological polar surface area (TPSA) is 129 Å². The summed E-state index contributed by atoms with van der Waals surface area (Å²) < 4.78 is 12.1. The molecule has 0 aromatic carbocycles. The zero-order chi connectivity index (χ0) is 18.5. The zero-order valence-electron chi connectivity index (χ0n) is 13.9. The molecule has 3 N–H and O–H groups in total. The summed E-state index contributed by atoms with van der Waals surface area (Å²) in [5, 5.41) is 11.3. The highest BCUT2D eigenvalue weighted by molar-refractivity contribution is 7.99. The van der Waals surface area contributed by atoms with Crippen molar-refractivity contribution in [3.8, 4) is 11.6 Å². The fourth-order valence-corrected chi connectivity index (χ4v) is 3.05. The van der Waals surface area contributed by atoms with Gasteiger partial charge in [-0.05, 0) is 31.2 Å². The van der Waals surface area contributed by atoms with E-state index in [1.54, 1.807) is 30.5 Å². The highest BCUT2D eigenvalue weighted by atomic mass is 32.2. The van der Waals surface area contributed by atoms with Gasteiger partial charge in [0.05, 0.1) is 24.3 Å². The van der Waals surface area contributed by atoms with Crippen LogP contribution in [0.2, 0.25) is 0 Å². The zero-order valence-corrected chi connectivity index (χ0v) is 14.7. The number of carbonyl (C=O) groups excluding carboxylic acids is 2. The minimum atomic E-state index is -0.546. The number of furan rings is 2. The van der Waals surface area contributed by atoms with Gasteiger partial charge >= 0.3 is 0 Å². The van der Waals surface area contributed by atoms with Crippen molar-refractivity contribution in [3.05, 3.63) is 42.6 Å². The third-order valence-corrected chi connectivity index (χ3v) is 4.42. The van der Waals surface area contributed by atoms with Gasteiger partial charge < -0.3 is 19.9 Å². The quantitative estimate of drug-likeness (QED) is 0.572. The first-order valence-corrected chi connectivity index (χ1v) is 8.74. The number of nitrogens with zero attached hydrogens (tertiary/aromatic N) is 3. The summed E-state index contributed by atoms with van der Waals surface area (Å²) in [6, 6.07) is 6.70. The molecule has 0 bridgehead atoms. The minimum Gasteiger partial charge on any atom is -0.467 e. The fraction of sp³-hybridized carbons (Fsp3) is 0.250. The number of thioether (sulfide) groups is 1. The monoisotopic (exact) mass is 375 g/mol. The predicted octanol–water partition coefficient (Wildman–Crippen LogP) is 1.59. The molecular weight excluding hydrogens is 358 g/mol. The van der Waals surface area contributed by atoms with E-state index in [9.17, 15) is 9.59 Å². The van der Waals surface area contributed by atoms with Gasteiger partial charge in [0.2, 0.25) is 17.6 Å². The Balaban J connectivity index is 1.67. The molecule has 0 saturated carbocycles.